The summed E-state index contributed by atoms with van der Waals surface area (Å²) in [5.74, 6) is -0.590. The Morgan fingerprint density at radius 1 is 1.37 bits per heavy atom. The highest BCUT2D eigenvalue weighted by atomic mass is 32.1. The first-order chi connectivity index (χ1) is 8.93. The third-order valence-electron chi connectivity index (χ3n) is 2.57. The summed E-state index contributed by atoms with van der Waals surface area (Å²) >= 11 is 4.05. The van der Waals surface area contributed by atoms with Crippen molar-refractivity contribution in [3.05, 3.63) is 35.6 Å². The van der Waals surface area contributed by atoms with Gasteiger partial charge in [-0.25, -0.2) is 4.39 Å². The molecule has 0 spiro atoms. The normalized spacial score (nSPS) is 11.8. The maximum absolute atomic E-state index is 12.8. The highest BCUT2D eigenvalue weighted by Crippen LogP contribution is 2.07. The van der Waals surface area contributed by atoms with Gasteiger partial charge in [-0.1, -0.05) is 12.1 Å². The number of hydrogen-bond acceptors (Lipinski definition) is 3. The predicted octanol–water partition coefficient (Wildman–Crippen LogP) is 1.22. The van der Waals surface area contributed by atoms with Crippen LogP contribution in [-0.4, -0.2) is 35.6 Å². The van der Waals surface area contributed by atoms with Gasteiger partial charge in [-0.2, -0.15) is 12.6 Å². The third-order valence-corrected chi connectivity index (χ3v) is 2.93. The summed E-state index contributed by atoms with van der Waals surface area (Å²) in [6.07, 6.45) is 0. The van der Waals surface area contributed by atoms with E-state index in [-0.39, 0.29) is 23.4 Å². The van der Waals surface area contributed by atoms with Crippen molar-refractivity contribution in [1.82, 2.24) is 10.2 Å². The van der Waals surface area contributed by atoms with E-state index in [0.717, 1.165) is 5.56 Å². The number of thiol groups is 1. The van der Waals surface area contributed by atoms with Crippen LogP contribution in [0.3, 0.4) is 0 Å². The molecule has 0 heterocycles. The van der Waals surface area contributed by atoms with Gasteiger partial charge in [0.1, 0.15) is 11.9 Å². The molecule has 1 aromatic rings. The Balaban J connectivity index is 2.65. The maximum atomic E-state index is 12.8. The largest absolute Gasteiger partial charge is 0.344 e. The Morgan fingerprint density at radius 2 is 1.95 bits per heavy atom. The average molecular weight is 284 g/mol. The molecule has 19 heavy (non-hydrogen) atoms. The molecule has 0 aliphatic carbocycles. The molecular formula is C13H17FN2O2S. The quantitative estimate of drug-likeness (QED) is 0.799. The van der Waals surface area contributed by atoms with Crippen LogP contribution in [0.4, 0.5) is 4.39 Å². The summed E-state index contributed by atoms with van der Waals surface area (Å²) in [5, 5.41) is 2.54. The van der Waals surface area contributed by atoms with Crippen molar-refractivity contribution in [2.75, 3.05) is 12.8 Å². The van der Waals surface area contributed by atoms with Crippen LogP contribution in [0.2, 0.25) is 0 Å². The molecular weight excluding hydrogens is 267 g/mol. The second-order valence-electron chi connectivity index (χ2n) is 4.26. The maximum Gasteiger partial charge on any atom is 0.246 e. The number of amides is 2. The minimum Gasteiger partial charge on any atom is -0.344 e. The molecule has 4 nitrogen and oxygen atoms in total. The first kappa shape index (κ1) is 15.5. The van der Waals surface area contributed by atoms with Crippen LogP contribution >= 0.6 is 12.6 Å². The monoisotopic (exact) mass is 284 g/mol. The summed E-state index contributed by atoms with van der Waals surface area (Å²) in [5.41, 5.74) is 0.818. The molecule has 0 aliphatic heterocycles. The van der Waals surface area contributed by atoms with Crippen molar-refractivity contribution in [1.29, 1.82) is 0 Å². The Hall–Kier alpha value is -1.56. The van der Waals surface area contributed by atoms with Gasteiger partial charge in [-0.15, -0.1) is 0 Å². The van der Waals surface area contributed by atoms with E-state index in [2.05, 4.69) is 17.9 Å². The lowest BCUT2D eigenvalue weighted by Crippen LogP contribution is -2.47. The Bertz CT molecular complexity index is 450. The molecule has 0 fully saturated rings. The topological polar surface area (TPSA) is 49.4 Å². The zero-order valence-electron chi connectivity index (χ0n) is 10.9. The number of hydrogen-bond donors (Lipinski definition) is 2. The van der Waals surface area contributed by atoms with Crippen molar-refractivity contribution in [3.63, 3.8) is 0 Å². The number of carbonyl (C=O) groups excluding carboxylic acids is 2. The molecule has 6 heteroatoms. The minimum absolute atomic E-state index is 0.227. The second-order valence-corrected chi connectivity index (χ2v) is 4.62. The molecule has 0 aromatic heterocycles. The van der Waals surface area contributed by atoms with E-state index < -0.39 is 6.04 Å². The van der Waals surface area contributed by atoms with Gasteiger partial charge in [-0.05, 0) is 17.7 Å². The van der Waals surface area contributed by atoms with Gasteiger partial charge in [-0.3, -0.25) is 9.59 Å². The number of nitrogens with zero attached hydrogens (tertiary/aromatic N) is 1. The van der Waals surface area contributed by atoms with E-state index in [1.165, 1.54) is 24.0 Å². The molecule has 0 aliphatic rings. The number of carbonyl (C=O) groups is 2. The summed E-state index contributed by atoms with van der Waals surface area (Å²) < 4.78 is 12.8. The van der Waals surface area contributed by atoms with Gasteiger partial charge in [0.25, 0.3) is 0 Å². The van der Waals surface area contributed by atoms with Crippen molar-refractivity contribution < 1.29 is 14.0 Å². The van der Waals surface area contributed by atoms with Crippen molar-refractivity contribution >= 4 is 24.4 Å². The van der Waals surface area contributed by atoms with Crippen LogP contribution in [0.25, 0.3) is 0 Å². The summed E-state index contributed by atoms with van der Waals surface area (Å²) in [7, 11) is 1.63. The predicted molar refractivity (Wildman–Crippen MR) is 74.3 cm³/mol. The van der Waals surface area contributed by atoms with Crippen LogP contribution in [0.1, 0.15) is 12.5 Å². The van der Waals surface area contributed by atoms with E-state index in [4.69, 9.17) is 0 Å². The molecule has 0 saturated heterocycles. The van der Waals surface area contributed by atoms with E-state index >= 15 is 0 Å². The number of benzene rings is 1. The van der Waals surface area contributed by atoms with Crippen molar-refractivity contribution in [3.8, 4) is 0 Å². The number of halogens is 1. The standard InChI is InChI=1S/C13H17FN2O2S/c1-9(17)15-12(8-19)13(18)16(2)7-10-3-5-11(14)6-4-10/h3-6,12,19H,7-8H2,1-2H3,(H,15,17). The van der Waals surface area contributed by atoms with Gasteiger partial charge in [0.2, 0.25) is 11.8 Å². The minimum atomic E-state index is -0.647. The molecule has 1 N–H and O–H groups in total. The van der Waals surface area contributed by atoms with Crippen molar-refractivity contribution in [2.24, 2.45) is 0 Å². The molecule has 0 bridgehead atoms. The molecule has 2 amide bonds. The van der Waals surface area contributed by atoms with Gasteiger partial charge in [0.15, 0.2) is 0 Å². The Morgan fingerprint density at radius 3 is 2.42 bits per heavy atom. The first-order valence-electron chi connectivity index (χ1n) is 5.81. The fourth-order valence-electron chi connectivity index (χ4n) is 1.64. The number of likely N-dealkylation sites (N-methyl/N-ethyl adjacent to an activating group) is 1. The third kappa shape index (κ3) is 4.90. The summed E-state index contributed by atoms with van der Waals surface area (Å²) in [4.78, 5) is 24.5. The fraction of sp³-hybridized carbons (Fsp3) is 0.385. The van der Waals surface area contributed by atoms with Gasteiger partial charge >= 0.3 is 0 Å². The molecule has 0 saturated carbocycles. The fourth-order valence-corrected chi connectivity index (χ4v) is 1.89. The van der Waals surface area contributed by atoms with Crippen molar-refractivity contribution in [2.45, 2.75) is 19.5 Å². The Kier molecular flexibility index (Phi) is 5.82. The first-order valence-corrected chi connectivity index (χ1v) is 6.44. The van der Waals surface area contributed by atoms with Crippen LogP contribution in [0.5, 0.6) is 0 Å². The van der Waals surface area contributed by atoms with Gasteiger partial charge in [0.05, 0.1) is 0 Å². The van der Waals surface area contributed by atoms with E-state index in [1.807, 2.05) is 0 Å². The molecule has 1 rings (SSSR count). The molecule has 1 aromatic carbocycles. The SMILES string of the molecule is CC(=O)NC(CS)C(=O)N(C)Cc1ccc(F)cc1. The van der Waals surface area contributed by atoms with Crippen LogP contribution in [0.15, 0.2) is 24.3 Å². The molecule has 0 radical (unpaired) electrons. The summed E-state index contributed by atoms with van der Waals surface area (Å²) in [6.45, 7) is 1.70. The van der Waals surface area contributed by atoms with Gasteiger partial charge in [0, 0.05) is 26.3 Å². The molecule has 1 atom stereocenters. The highest BCUT2D eigenvalue weighted by molar-refractivity contribution is 7.80. The Labute approximate surface area is 117 Å². The lowest BCUT2D eigenvalue weighted by molar-refractivity contribution is -0.134. The molecule has 104 valence electrons. The highest BCUT2D eigenvalue weighted by Gasteiger charge is 2.21. The van der Waals surface area contributed by atoms with Gasteiger partial charge < -0.3 is 10.2 Å². The second kappa shape index (κ2) is 7.13. The number of nitrogens with one attached hydrogen (secondary N) is 1. The smallest absolute Gasteiger partial charge is 0.246 e. The van der Waals surface area contributed by atoms with E-state index in [0.29, 0.717) is 6.54 Å². The van der Waals surface area contributed by atoms with Crippen LogP contribution < -0.4 is 5.32 Å². The van der Waals surface area contributed by atoms with Crippen LogP contribution in [0, 0.1) is 5.82 Å². The summed E-state index contributed by atoms with van der Waals surface area (Å²) in [6, 6.07) is 5.28. The zero-order chi connectivity index (χ0) is 14.4. The van der Waals surface area contributed by atoms with Crippen LogP contribution in [-0.2, 0) is 16.1 Å². The average Bonchev–Trinajstić information content (AvgIpc) is 2.37. The lowest BCUT2D eigenvalue weighted by Gasteiger charge is -2.23. The number of rotatable bonds is 5. The lowest BCUT2D eigenvalue weighted by atomic mass is 10.2. The molecule has 1 unspecified atom stereocenters. The van der Waals surface area contributed by atoms with E-state index in [1.54, 1.807) is 19.2 Å². The zero-order valence-corrected chi connectivity index (χ0v) is 11.8. The van der Waals surface area contributed by atoms with E-state index in [9.17, 15) is 14.0 Å².